The highest BCUT2D eigenvalue weighted by Gasteiger charge is 2.47. The minimum Gasteiger partial charge on any atom is -0.380 e. The van der Waals surface area contributed by atoms with Gasteiger partial charge in [-0.3, -0.25) is 4.79 Å². The first-order valence-electron chi connectivity index (χ1n) is 6.76. The van der Waals surface area contributed by atoms with Crippen LogP contribution in [0.3, 0.4) is 0 Å². The molecule has 1 aromatic carbocycles. The van der Waals surface area contributed by atoms with Gasteiger partial charge >= 0.3 is 0 Å². The summed E-state index contributed by atoms with van der Waals surface area (Å²) in [4.78, 5) is 14.0. The number of nitrogens with zero attached hydrogens (tertiary/aromatic N) is 1. The van der Waals surface area contributed by atoms with Gasteiger partial charge in [0.15, 0.2) is 9.84 Å². The van der Waals surface area contributed by atoms with E-state index in [9.17, 15) is 18.3 Å². The van der Waals surface area contributed by atoms with Crippen molar-refractivity contribution in [3.05, 3.63) is 28.8 Å². The van der Waals surface area contributed by atoms with Crippen molar-refractivity contribution in [1.82, 2.24) is 4.90 Å². The van der Waals surface area contributed by atoms with Crippen LogP contribution in [0.4, 0.5) is 0 Å². The maximum absolute atomic E-state index is 12.4. The zero-order valence-corrected chi connectivity index (χ0v) is 13.1. The molecule has 1 aliphatic carbocycles. The van der Waals surface area contributed by atoms with Crippen molar-refractivity contribution in [1.29, 1.82) is 0 Å². The normalized spacial score (nSPS) is 25.0. The number of sulfone groups is 1. The number of aliphatic hydroxyl groups is 1. The predicted molar refractivity (Wildman–Crippen MR) is 77.8 cm³/mol. The van der Waals surface area contributed by atoms with E-state index in [0.29, 0.717) is 23.4 Å². The molecule has 1 fully saturated rings. The van der Waals surface area contributed by atoms with Crippen LogP contribution in [0.15, 0.2) is 23.1 Å². The number of halogens is 1. The first-order valence-corrected chi connectivity index (χ1v) is 8.79. The number of benzene rings is 1. The smallest absolute Gasteiger partial charge is 0.254 e. The summed E-state index contributed by atoms with van der Waals surface area (Å²) < 4.78 is 24.4. The molecular weight excluding hydrogens is 314 g/mol. The van der Waals surface area contributed by atoms with Crippen molar-refractivity contribution >= 4 is 27.3 Å². The van der Waals surface area contributed by atoms with E-state index in [1.165, 1.54) is 24.1 Å². The number of rotatable bonds is 2. The summed E-state index contributed by atoms with van der Waals surface area (Å²) in [5.41, 5.74) is -0.805. The van der Waals surface area contributed by atoms with Gasteiger partial charge in [-0.05, 0) is 43.0 Å². The first kappa shape index (κ1) is 14.8. The van der Waals surface area contributed by atoms with Crippen molar-refractivity contribution in [2.75, 3.05) is 12.8 Å². The monoisotopic (exact) mass is 329 g/mol. The Hall–Kier alpha value is -1.11. The maximum Gasteiger partial charge on any atom is 0.254 e. The molecule has 0 aromatic heterocycles. The molecule has 0 saturated heterocycles. The SMILES string of the molecule is CN(C(=O)C1(O)CCC1)C1CS(=O)(=O)c2ccc(Cl)cc21. The van der Waals surface area contributed by atoms with E-state index >= 15 is 0 Å². The van der Waals surface area contributed by atoms with Gasteiger partial charge in [0.1, 0.15) is 5.60 Å². The molecule has 3 rings (SSSR count). The third-order valence-corrected chi connectivity index (χ3v) is 6.44. The highest BCUT2D eigenvalue weighted by molar-refractivity contribution is 7.91. The first-order chi connectivity index (χ1) is 9.74. The highest BCUT2D eigenvalue weighted by Crippen LogP contribution is 2.41. The molecule has 7 heteroatoms. The molecule has 1 saturated carbocycles. The molecule has 21 heavy (non-hydrogen) atoms. The fourth-order valence-electron chi connectivity index (χ4n) is 2.97. The van der Waals surface area contributed by atoms with E-state index in [4.69, 9.17) is 11.6 Å². The Balaban J connectivity index is 1.98. The van der Waals surface area contributed by atoms with Crippen LogP contribution in [-0.2, 0) is 14.6 Å². The van der Waals surface area contributed by atoms with Crippen LogP contribution < -0.4 is 0 Å². The van der Waals surface area contributed by atoms with Gasteiger partial charge in [-0.15, -0.1) is 0 Å². The zero-order valence-electron chi connectivity index (χ0n) is 11.5. The van der Waals surface area contributed by atoms with Crippen LogP contribution in [0.1, 0.15) is 30.9 Å². The summed E-state index contributed by atoms with van der Waals surface area (Å²) in [5, 5.41) is 10.6. The number of carbonyl (C=O) groups excluding carboxylic acids is 1. The Bertz CT molecular complexity index is 712. The van der Waals surface area contributed by atoms with Gasteiger partial charge in [0.25, 0.3) is 5.91 Å². The average molecular weight is 330 g/mol. The Kier molecular flexibility index (Phi) is 3.31. The number of hydrogen-bond donors (Lipinski definition) is 1. The fraction of sp³-hybridized carbons (Fsp3) is 0.500. The minimum absolute atomic E-state index is 0.166. The Labute approximate surface area is 128 Å². The molecule has 5 nitrogen and oxygen atoms in total. The third-order valence-electron chi connectivity index (χ3n) is 4.41. The number of carbonyl (C=O) groups is 1. The van der Waals surface area contributed by atoms with E-state index in [1.54, 1.807) is 6.07 Å². The second-order valence-electron chi connectivity index (χ2n) is 5.78. The zero-order chi connectivity index (χ0) is 15.4. The van der Waals surface area contributed by atoms with Gasteiger partial charge in [0, 0.05) is 12.1 Å². The number of amides is 1. The Morgan fingerprint density at radius 2 is 2.10 bits per heavy atom. The fourth-order valence-corrected chi connectivity index (χ4v) is 4.97. The van der Waals surface area contributed by atoms with Crippen LogP contribution in [-0.4, -0.2) is 42.7 Å². The van der Waals surface area contributed by atoms with Gasteiger partial charge in [0.05, 0.1) is 16.7 Å². The number of likely N-dealkylation sites (N-methyl/N-ethyl adjacent to an activating group) is 1. The molecule has 2 aliphatic rings. The van der Waals surface area contributed by atoms with Crippen molar-refractivity contribution < 1.29 is 18.3 Å². The standard InChI is InChI=1S/C14H16ClNO4S/c1-16(13(17)14(18)5-2-6-14)11-8-21(19,20)12-4-3-9(15)7-10(11)12/h3-4,7,11,18H,2,5-6,8H2,1H3. The van der Waals surface area contributed by atoms with Crippen molar-refractivity contribution in [3.63, 3.8) is 0 Å². The van der Waals surface area contributed by atoms with Crippen molar-refractivity contribution in [2.45, 2.75) is 35.8 Å². The Morgan fingerprint density at radius 3 is 2.67 bits per heavy atom. The van der Waals surface area contributed by atoms with Crippen LogP contribution >= 0.6 is 11.6 Å². The van der Waals surface area contributed by atoms with Gasteiger partial charge in [-0.2, -0.15) is 0 Å². The summed E-state index contributed by atoms with van der Waals surface area (Å²) in [5.74, 6) is -0.581. The molecule has 1 aliphatic heterocycles. The lowest BCUT2D eigenvalue weighted by molar-refractivity contribution is -0.160. The quantitative estimate of drug-likeness (QED) is 0.893. The van der Waals surface area contributed by atoms with Gasteiger partial charge in [-0.25, -0.2) is 8.42 Å². The number of fused-ring (bicyclic) bond motifs is 1. The molecule has 1 heterocycles. The molecule has 114 valence electrons. The summed E-state index contributed by atoms with van der Waals surface area (Å²) >= 11 is 5.95. The van der Waals surface area contributed by atoms with Gasteiger partial charge in [0.2, 0.25) is 0 Å². The topological polar surface area (TPSA) is 74.7 Å². The highest BCUT2D eigenvalue weighted by atomic mass is 35.5. The molecule has 0 spiro atoms. The molecule has 1 atom stereocenters. The van der Waals surface area contributed by atoms with Crippen molar-refractivity contribution in [2.24, 2.45) is 0 Å². The van der Waals surface area contributed by atoms with E-state index in [0.717, 1.165) is 6.42 Å². The van der Waals surface area contributed by atoms with Crippen molar-refractivity contribution in [3.8, 4) is 0 Å². The lowest BCUT2D eigenvalue weighted by Gasteiger charge is -2.39. The maximum atomic E-state index is 12.4. The third kappa shape index (κ3) is 2.25. The molecular formula is C14H16ClNO4S. The minimum atomic E-state index is -3.42. The molecule has 1 amide bonds. The molecule has 0 radical (unpaired) electrons. The van der Waals surface area contributed by atoms with E-state index in [1.807, 2.05) is 0 Å². The predicted octanol–water partition coefficient (Wildman–Crippen LogP) is 1.54. The van der Waals surface area contributed by atoms with E-state index in [2.05, 4.69) is 0 Å². The lowest BCUT2D eigenvalue weighted by atomic mass is 9.79. The van der Waals surface area contributed by atoms with Crippen LogP contribution in [0.5, 0.6) is 0 Å². The largest absolute Gasteiger partial charge is 0.380 e. The van der Waals surface area contributed by atoms with Crippen LogP contribution in [0, 0.1) is 0 Å². The summed E-state index contributed by atoms with van der Waals surface area (Å²) in [6.45, 7) is 0. The van der Waals surface area contributed by atoms with Gasteiger partial charge in [-0.1, -0.05) is 11.6 Å². The molecule has 1 N–H and O–H groups in total. The second-order valence-corrected chi connectivity index (χ2v) is 8.22. The van der Waals surface area contributed by atoms with E-state index in [-0.39, 0.29) is 10.6 Å². The summed E-state index contributed by atoms with van der Waals surface area (Å²) in [6.07, 6.45) is 1.66. The number of hydrogen-bond acceptors (Lipinski definition) is 4. The van der Waals surface area contributed by atoms with Crippen LogP contribution in [0.2, 0.25) is 5.02 Å². The molecule has 1 unspecified atom stereocenters. The molecule has 1 aromatic rings. The van der Waals surface area contributed by atoms with Gasteiger partial charge < -0.3 is 10.0 Å². The molecule has 0 bridgehead atoms. The van der Waals surface area contributed by atoms with Crippen LogP contribution in [0.25, 0.3) is 0 Å². The van der Waals surface area contributed by atoms with E-state index < -0.39 is 27.4 Å². The summed E-state index contributed by atoms with van der Waals surface area (Å²) in [6, 6.07) is 3.99. The average Bonchev–Trinajstić information content (AvgIpc) is 2.65. The Morgan fingerprint density at radius 1 is 1.43 bits per heavy atom. The lowest BCUT2D eigenvalue weighted by Crippen LogP contribution is -2.53. The summed E-state index contributed by atoms with van der Waals surface area (Å²) in [7, 11) is -1.88. The second kappa shape index (κ2) is 4.69.